The minimum absolute atomic E-state index is 0.122. The van der Waals surface area contributed by atoms with Crippen LogP contribution in [0.25, 0.3) is 0 Å². The lowest BCUT2D eigenvalue weighted by atomic mass is 10.1. The molecule has 6 heteroatoms. The van der Waals surface area contributed by atoms with Crippen molar-refractivity contribution in [3.8, 4) is 11.8 Å². The maximum atomic E-state index is 12.7. The van der Waals surface area contributed by atoms with Gasteiger partial charge >= 0.3 is 0 Å². The summed E-state index contributed by atoms with van der Waals surface area (Å²) in [5.74, 6) is 1.61. The van der Waals surface area contributed by atoms with Crippen LogP contribution in [0.1, 0.15) is 35.2 Å². The molecule has 1 aromatic carbocycles. The van der Waals surface area contributed by atoms with Crippen LogP contribution in [0.3, 0.4) is 0 Å². The van der Waals surface area contributed by atoms with Gasteiger partial charge in [-0.15, -0.1) is 0 Å². The van der Waals surface area contributed by atoms with Gasteiger partial charge < -0.3 is 18.8 Å². The summed E-state index contributed by atoms with van der Waals surface area (Å²) in [4.78, 5) is 14.4. The summed E-state index contributed by atoms with van der Waals surface area (Å²) in [5, 5.41) is 9.09. The fraction of sp³-hybridized carbons (Fsp3) is 0.400. The molecular formula is C20H22N2O4. The Kier molecular flexibility index (Phi) is 5.92. The van der Waals surface area contributed by atoms with Gasteiger partial charge in [-0.05, 0) is 37.6 Å². The highest BCUT2D eigenvalue weighted by Crippen LogP contribution is 2.20. The van der Waals surface area contributed by atoms with Crippen LogP contribution in [0.4, 0.5) is 0 Å². The van der Waals surface area contributed by atoms with Crippen LogP contribution in [-0.2, 0) is 11.3 Å². The fourth-order valence-corrected chi connectivity index (χ4v) is 2.95. The number of amides is 1. The minimum Gasteiger partial charge on any atom is -0.484 e. The normalized spacial score (nSPS) is 16.2. The molecule has 26 heavy (non-hydrogen) atoms. The molecule has 1 aromatic heterocycles. The van der Waals surface area contributed by atoms with Gasteiger partial charge in [-0.25, -0.2) is 0 Å². The Morgan fingerprint density at radius 2 is 2.19 bits per heavy atom. The van der Waals surface area contributed by atoms with Crippen LogP contribution in [-0.4, -0.2) is 37.1 Å². The zero-order chi connectivity index (χ0) is 18.4. The summed E-state index contributed by atoms with van der Waals surface area (Å²) >= 11 is 0. The monoisotopic (exact) mass is 354 g/mol. The minimum atomic E-state index is -0.122. The second kappa shape index (κ2) is 8.54. The van der Waals surface area contributed by atoms with Crippen molar-refractivity contribution in [1.29, 1.82) is 5.26 Å². The first kappa shape index (κ1) is 18.0. The molecular weight excluding hydrogens is 332 g/mol. The predicted molar refractivity (Wildman–Crippen MR) is 94.7 cm³/mol. The molecule has 0 aliphatic carbocycles. The van der Waals surface area contributed by atoms with Gasteiger partial charge in [0.25, 0.3) is 5.91 Å². The maximum absolute atomic E-state index is 12.7. The van der Waals surface area contributed by atoms with Gasteiger partial charge in [-0.1, -0.05) is 12.1 Å². The molecule has 0 radical (unpaired) electrons. The second-order valence-corrected chi connectivity index (χ2v) is 6.24. The predicted octanol–water partition coefficient (Wildman–Crippen LogP) is 3.23. The first-order chi connectivity index (χ1) is 12.7. The van der Waals surface area contributed by atoms with Gasteiger partial charge in [0.15, 0.2) is 5.76 Å². The van der Waals surface area contributed by atoms with Gasteiger partial charge in [0.2, 0.25) is 0 Å². The second-order valence-electron chi connectivity index (χ2n) is 6.24. The summed E-state index contributed by atoms with van der Waals surface area (Å²) in [6, 6.07) is 12.5. The molecule has 1 fully saturated rings. The standard InChI is InChI=1S/C20H22N2O4/c1-2-22(12-15-9-10-24-13-15)20(23)19-8-7-17(26-19)14-25-18-6-4-3-5-16(18)11-21/h3-8,15H,2,9-10,12-14H2,1H3. The number of furan rings is 1. The van der Waals surface area contributed by atoms with Crippen molar-refractivity contribution in [3.63, 3.8) is 0 Å². The number of carbonyl (C=O) groups excluding carboxylic acids is 1. The van der Waals surface area contributed by atoms with E-state index in [0.717, 1.165) is 13.0 Å². The van der Waals surface area contributed by atoms with Gasteiger partial charge in [-0.2, -0.15) is 5.26 Å². The number of hydrogen-bond donors (Lipinski definition) is 0. The van der Waals surface area contributed by atoms with E-state index >= 15 is 0 Å². The molecule has 6 nitrogen and oxygen atoms in total. The quantitative estimate of drug-likeness (QED) is 0.763. The number of ether oxygens (including phenoxy) is 2. The number of para-hydroxylation sites is 1. The van der Waals surface area contributed by atoms with Crippen LogP contribution in [0.15, 0.2) is 40.8 Å². The Morgan fingerprint density at radius 1 is 1.35 bits per heavy atom. The highest BCUT2D eigenvalue weighted by molar-refractivity contribution is 5.91. The molecule has 0 N–H and O–H groups in total. The lowest BCUT2D eigenvalue weighted by Gasteiger charge is -2.22. The van der Waals surface area contributed by atoms with Crippen LogP contribution >= 0.6 is 0 Å². The topological polar surface area (TPSA) is 75.7 Å². The van der Waals surface area contributed by atoms with Crippen molar-refractivity contribution in [2.45, 2.75) is 20.0 Å². The van der Waals surface area contributed by atoms with Crippen molar-refractivity contribution in [2.24, 2.45) is 5.92 Å². The molecule has 0 bridgehead atoms. The number of nitriles is 1. The van der Waals surface area contributed by atoms with Gasteiger partial charge in [0.1, 0.15) is 24.2 Å². The van der Waals surface area contributed by atoms with E-state index in [9.17, 15) is 4.79 Å². The molecule has 136 valence electrons. The Labute approximate surface area is 152 Å². The molecule has 1 unspecified atom stereocenters. The highest BCUT2D eigenvalue weighted by Gasteiger charge is 2.24. The van der Waals surface area contributed by atoms with E-state index in [-0.39, 0.29) is 12.5 Å². The lowest BCUT2D eigenvalue weighted by Crippen LogP contribution is -2.35. The largest absolute Gasteiger partial charge is 0.484 e. The van der Waals surface area contributed by atoms with Crippen molar-refractivity contribution in [1.82, 2.24) is 4.90 Å². The van der Waals surface area contributed by atoms with Gasteiger partial charge in [0, 0.05) is 25.6 Å². The van der Waals surface area contributed by atoms with E-state index in [4.69, 9.17) is 19.2 Å². The lowest BCUT2D eigenvalue weighted by molar-refractivity contribution is 0.0695. The van der Waals surface area contributed by atoms with Crippen molar-refractivity contribution in [2.75, 3.05) is 26.3 Å². The summed E-state index contributed by atoms with van der Waals surface area (Å²) in [6.07, 6.45) is 0.985. The van der Waals surface area contributed by atoms with Crippen LogP contribution < -0.4 is 4.74 Å². The van der Waals surface area contributed by atoms with Gasteiger partial charge in [-0.3, -0.25) is 4.79 Å². The van der Waals surface area contributed by atoms with Crippen LogP contribution in [0.2, 0.25) is 0 Å². The van der Waals surface area contributed by atoms with Crippen molar-refractivity contribution in [3.05, 3.63) is 53.5 Å². The maximum Gasteiger partial charge on any atom is 0.289 e. The van der Waals surface area contributed by atoms with E-state index < -0.39 is 0 Å². The van der Waals surface area contributed by atoms with Gasteiger partial charge in [0.05, 0.1) is 12.2 Å². The molecule has 2 aromatic rings. The van der Waals surface area contributed by atoms with Crippen LogP contribution in [0, 0.1) is 17.2 Å². The number of carbonyl (C=O) groups is 1. The van der Waals surface area contributed by atoms with E-state index in [1.807, 2.05) is 6.92 Å². The van der Waals surface area contributed by atoms with E-state index in [0.29, 0.717) is 48.4 Å². The number of hydrogen-bond acceptors (Lipinski definition) is 5. The average Bonchev–Trinajstić information content (AvgIpc) is 3.36. The van der Waals surface area contributed by atoms with Crippen molar-refractivity contribution >= 4 is 5.91 Å². The first-order valence-electron chi connectivity index (χ1n) is 8.79. The average molecular weight is 354 g/mol. The first-order valence-corrected chi connectivity index (χ1v) is 8.79. The SMILES string of the molecule is CCN(CC1CCOC1)C(=O)c1ccc(COc2ccccc2C#N)o1. The van der Waals surface area contributed by atoms with E-state index in [1.165, 1.54) is 0 Å². The van der Waals surface area contributed by atoms with E-state index in [2.05, 4.69) is 6.07 Å². The summed E-state index contributed by atoms with van der Waals surface area (Å²) in [7, 11) is 0. The molecule has 1 atom stereocenters. The number of nitrogens with zero attached hydrogens (tertiary/aromatic N) is 2. The fourth-order valence-electron chi connectivity index (χ4n) is 2.95. The Bertz CT molecular complexity index is 787. The molecule has 0 saturated carbocycles. The summed E-state index contributed by atoms with van der Waals surface area (Å²) < 4.78 is 16.7. The Balaban J connectivity index is 1.61. The molecule has 3 rings (SSSR count). The number of rotatable bonds is 7. The van der Waals surface area contributed by atoms with E-state index in [1.54, 1.807) is 41.3 Å². The highest BCUT2D eigenvalue weighted by atomic mass is 16.5. The molecule has 1 aliphatic rings. The van der Waals surface area contributed by atoms with Crippen molar-refractivity contribution < 1.29 is 18.7 Å². The van der Waals surface area contributed by atoms with Crippen LogP contribution in [0.5, 0.6) is 5.75 Å². The third-order valence-corrected chi connectivity index (χ3v) is 4.42. The molecule has 1 saturated heterocycles. The molecule has 1 amide bonds. The molecule has 2 heterocycles. The third kappa shape index (κ3) is 4.24. The summed E-state index contributed by atoms with van der Waals surface area (Å²) in [5.41, 5.74) is 0.464. The molecule has 1 aliphatic heterocycles. The number of benzene rings is 1. The Morgan fingerprint density at radius 3 is 2.92 bits per heavy atom. The zero-order valence-corrected chi connectivity index (χ0v) is 14.8. The smallest absolute Gasteiger partial charge is 0.289 e. The third-order valence-electron chi connectivity index (χ3n) is 4.42. The Hall–Kier alpha value is -2.78. The zero-order valence-electron chi connectivity index (χ0n) is 14.8. The summed E-state index contributed by atoms with van der Waals surface area (Å²) in [6.45, 7) is 4.89. The molecule has 0 spiro atoms.